The van der Waals surface area contributed by atoms with Gasteiger partial charge in [-0.1, -0.05) is 26.0 Å². The first-order valence-electron chi connectivity index (χ1n) is 10.5. The summed E-state index contributed by atoms with van der Waals surface area (Å²) in [5.74, 6) is 0.490. The van der Waals surface area contributed by atoms with Crippen molar-refractivity contribution in [3.05, 3.63) is 42.0 Å². The van der Waals surface area contributed by atoms with Crippen LogP contribution in [-0.2, 0) is 10.0 Å². The molecule has 0 unspecified atom stereocenters. The summed E-state index contributed by atoms with van der Waals surface area (Å²) in [6.45, 7) is 8.29. The predicted molar refractivity (Wildman–Crippen MR) is 121 cm³/mol. The molecule has 31 heavy (non-hydrogen) atoms. The summed E-state index contributed by atoms with van der Waals surface area (Å²) in [7, 11) is -2.23. The highest BCUT2D eigenvalue weighted by Crippen LogP contribution is 2.41. The van der Waals surface area contributed by atoms with Gasteiger partial charge in [0.25, 0.3) is 5.91 Å². The number of ether oxygens (including phenoxy) is 1. The molecule has 2 aliphatic rings. The van der Waals surface area contributed by atoms with Crippen molar-refractivity contribution in [3.8, 4) is 11.5 Å². The fraction of sp³-hybridized carbons (Fsp3) is 0.409. The number of carbonyl (C=O) groups is 1. The fourth-order valence-corrected chi connectivity index (χ4v) is 5.27. The molecule has 0 spiro atoms. The summed E-state index contributed by atoms with van der Waals surface area (Å²) in [4.78, 5) is 17.5. The van der Waals surface area contributed by atoms with Crippen molar-refractivity contribution in [3.63, 3.8) is 0 Å². The molecule has 0 aliphatic carbocycles. The van der Waals surface area contributed by atoms with Crippen LogP contribution in [0.5, 0.6) is 11.5 Å². The van der Waals surface area contributed by atoms with Gasteiger partial charge in [-0.2, -0.15) is 0 Å². The molecule has 2 aromatic rings. The van der Waals surface area contributed by atoms with E-state index in [1.807, 2.05) is 12.1 Å². The number of nitrogens with one attached hydrogen (secondary N) is 1. The monoisotopic (exact) mass is 444 g/mol. The van der Waals surface area contributed by atoms with Crippen LogP contribution in [0.4, 0.5) is 11.4 Å². The Hall–Kier alpha value is -2.62. The quantitative estimate of drug-likeness (QED) is 0.764. The minimum Gasteiger partial charge on any atom is -0.454 e. The lowest BCUT2D eigenvalue weighted by Crippen LogP contribution is -2.46. The van der Waals surface area contributed by atoms with Gasteiger partial charge in [0.15, 0.2) is 5.75 Å². The number of sulfonamides is 1. The number of benzene rings is 2. The van der Waals surface area contributed by atoms with Crippen LogP contribution in [0.15, 0.2) is 41.3 Å². The molecule has 0 saturated carbocycles. The van der Waals surface area contributed by atoms with Crippen molar-refractivity contribution in [2.45, 2.75) is 18.7 Å². The van der Waals surface area contributed by atoms with Crippen molar-refractivity contribution in [1.82, 2.24) is 9.21 Å². The minimum absolute atomic E-state index is 0.130. The molecule has 166 valence electrons. The van der Waals surface area contributed by atoms with E-state index in [0.717, 1.165) is 19.6 Å². The van der Waals surface area contributed by atoms with Gasteiger partial charge in [-0.3, -0.25) is 4.79 Å². The lowest BCUT2D eigenvalue weighted by molar-refractivity contribution is 0.102. The Kier molecular flexibility index (Phi) is 5.92. The van der Waals surface area contributed by atoms with Crippen molar-refractivity contribution in [1.29, 1.82) is 0 Å². The highest BCUT2D eigenvalue weighted by Gasteiger charge is 2.32. The first kappa shape index (κ1) is 21.6. The van der Waals surface area contributed by atoms with Crippen LogP contribution < -0.4 is 15.0 Å². The second-order valence-electron chi connectivity index (χ2n) is 7.71. The van der Waals surface area contributed by atoms with Gasteiger partial charge in [-0.05, 0) is 24.7 Å². The van der Waals surface area contributed by atoms with Crippen LogP contribution >= 0.6 is 0 Å². The minimum atomic E-state index is -3.78. The number of para-hydroxylation sites is 2. The molecule has 0 aromatic heterocycles. The van der Waals surface area contributed by atoms with Gasteiger partial charge in [0, 0.05) is 45.8 Å². The SMILES string of the molecule is CCN1CCN(c2cc3c(cc2S(=O)(=O)N(C)CC)C(=O)Nc2ccccc2O3)CC1. The third-order valence-electron chi connectivity index (χ3n) is 5.95. The van der Waals surface area contributed by atoms with Gasteiger partial charge < -0.3 is 19.9 Å². The number of hydrogen-bond donors (Lipinski definition) is 1. The van der Waals surface area contributed by atoms with Crippen molar-refractivity contribution >= 4 is 27.3 Å². The van der Waals surface area contributed by atoms with E-state index in [4.69, 9.17) is 4.74 Å². The van der Waals surface area contributed by atoms with E-state index >= 15 is 0 Å². The van der Waals surface area contributed by atoms with E-state index in [-0.39, 0.29) is 10.5 Å². The average molecular weight is 445 g/mol. The lowest BCUT2D eigenvalue weighted by atomic mass is 10.1. The topological polar surface area (TPSA) is 82.2 Å². The standard InChI is InChI=1S/C22H28N4O4S/c1-4-24(3)31(28,29)21-14-16-20(15-18(21)26-12-10-25(5-2)11-13-26)30-19-9-7-6-8-17(19)23-22(16)27/h6-9,14-15H,4-5,10-13H2,1-3H3,(H,23,27). The molecule has 1 N–H and O–H groups in total. The van der Waals surface area contributed by atoms with Crippen molar-refractivity contribution in [2.75, 3.05) is 56.5 Å². The molecule has 1 saturated heterocycles. The van der Waals surface area contributed by atoms with Gasteiger partial charge in [0.2, 0.25) is 10.0 Å². The number of anilines is 2. The van der Waals surface area contributed by atoms with E-state index in [0.29, 0.717) is 42.5 Å². The normalized spacial score (nSPS) is 16.9. The van der Waals surface area contributed by atoms with E-state index in [1.54, 1.807) is 32.2 Å². The summed E-state index contributed by atoms with van der Waals surface area (Å²) < 4.78 is 34.1. The van der Waals surface area contributed by atoms with Crippen LogP contribution in [0.1, 0.15) is 24.2 Å². The number of piperazine rings is 1. The molecule has 2 heterocycles. The highest BCUT2D eigenvalue weighted by atomic mass is 32.2. The maximum absolute atomic E-state index is 13.4. The molecular weight excluding hydrogens is 416 g/mol. The largest absolute Gasteiger partial charge is 0.454 e. The average Bonchev–Trinajstić information content (AvgIpc) is 2.92. The molecular formula is C22H28N4O4S. The molecule has 9 heteroatoms. The number of carbonyl (C=O) groups excluding carboxylic acids is 1. The summed E-state index contributed by atoms with van der Waals surface area (Å²) >= 11 is 0. The van der Waals surface area contributed by atoms with Crippen molar-refractivity contribution < 1.29 is 17.9 Å². The Morgan fingerprint density at radius 2 is 1.77 bits per heavy atom. The number of rotatable bonds is 5. The second kappa shape index (κ2) is 8.49. The van der Waals surface area contributed by atoms with Gasteiger partial charge in [0.1, 0.15) is 10.6 Å². The summed E-state index contributed by atoms with van der Waals surface area (Å²) in [6, 6.07) is 10.3. The summed E-state index contributed by atoms with van der Waals surface area (Å²) in [6.07, 6.45) is 0. The molecule has 1 fully saturated rings. The van der Waals surface area contributed by atoms with E-state index in [1.165, 1.54) is 10.4 Å². The Balaban J connectivity index is 1.85. The fourth-order valence-electron chi connectivity index (χ4n) is 3.87. The van der Waals surface area contributed by atoms with Crippen LogP contribution in [0, 0.1) is 0 Å². The van der Waals surface area contributed by atoms with Gasteiger partial charge in [-0.15, -0.1) is 0 Å². The first-order valence-corrected chi connectivity index (χ1v) is 12.0. The summed E-state index contributed by atoms with van der Waals surface area (Å²) in [5, 5.41) is 2.82. The number of amides is 1. The zero-order chi connectivity index (χ0) is 22.2. The first-order chi connectivity index (χ1) is 14.8. The Morgan fingerprint density at radius 1 is 1.06 bits per heavy atom. The number of hydrogen-bond acceptors (Lipinski definition) is 6. The predicted octanol–water partition coefficient (Wildman–Crippen LogP) is 2.83. The van der Waals surface area contributed by atoms with Gasteiger partial charge >= 0.3 is 0 Å². The maximum atomic E-state index is 13.4. The lowest BCUT2D eigenvalue weighted by Gasteiger charge is -2.36. The van der Waals surface area contributed by atoms with Crippen LogP contribution in [0.25, 0.3) is 0 Å². The van der Waals surface area contributed by atoms with Crippen LogP contribution in [0.3, 0.4) is 0 Å². The third-order valence-corrected chi connectivity index (χ3v) is 7.92. The molecule has 0 atom stereocenters. The Morgan fingerprint density at radius 3 is 2.45 bits per heavy atom. The highest BCUT2D eigenvalue weighted by molar-refractivity contribution is 7.89. The van der Waals surface area contributed by atoms with E-state index in [2.05, 4.69) is 22.0 Å². The zero-order valence-corrected chi connectivity index (χ0v) is 18.9. The Labute approximate surface area is 183 Å². The maximum Gasteiger partial charge on any atom is 0.259 e. The molecule has 4 rings (SSSR count). The van der Waals surface area contributed by atoms with Crippen LogP contribution in [0.2, 0.25) is 0 Å². The Bertz CT molecular complexity index is 1090. The molecule has 1 amide bonds. The van der Waals surface area contributed by atoms with Gasteiger partial charge in [0.05, 0.1) is 16.9 Å². The molecule has 2 aliphatic heterocycles. The number of fused-ring (bicyclic) bond motifs is 2. The second-order valence-corrected chi connectivity index (χ2v) is 9.72. The number of nitrogens with zero attached hydrogens (tertiary/aromatic N) is 3. The molecule has 0 radical (unpaired) electrons. The van der Waals surface area contributed by atoms with Crippen LogP contribution in [-0.4, -0.2) is 69.8 Å². The molecule has 8 nitrogen and oxygen atoms in total. The molecule has 0 bridgehead atoms. The van der Waals surface area contributed by atoms with Crippen molar-refractivity contribution in [2.24, 2.45) is 0 Å². The van der Waals surface area contributed by atoms with E-state index in [9.17, 15) is 13.2 Å². The van der Waals surface area contributed by atoms with E-state index < -0.39 is 15.9 Å². The van der Waals surface area contributed by atoms with Gasteiger partial charge in [-0.25, -0.2) is 12.7 Å². The smallest absolute Gasteiger partial charge is 0.259 e. The zero-order valence-electron chi connectivity index (χ0n) is 18.1. The third kappa shape index (κ3) is 4.00. The molecule has 2 aromatic carbocycles. The number of likely N-dealkylation sites (N-methyl/N-ethyl adjacent to an activating group) is 1. The summed E-state index contributed by atoms with van der Waals surface area (Å²) in [5.41, 5.74) is 1.33.